The highest BCUT2D eigenvalue weighted by atomic mass is 32.1. The summed E-state index contributed by atoms with van der Waals surface area (Å²) >= 11 is 1.39. The minimum Gasteiger partial charge on any atom is -0.497 e. The van der Waals surface area contributed by atoms with Crippen molar-refractivity contribution in [3.63, 3.8) is 0 Å². The molecule has 0 aliphatic carbocycles. The lowest BCUT2D eigenvalue weighted by Crippen LogP contribution is -1.84. The number of rotatable bonds is 4. The molecule has 0 aliphatic heterocycles. The van der Waals surface area contributed by atoms with Gasteiger partial charge in [-0.2, -0.15) is 4.37 Å². The van der Waals surface area contributed by atoms with Gasteiger partial charge in [0.2, 0.25) is 0 Å². The summed E-state index contributed by atoms with van der Waals surface area (Å²) in [6, 6.07) is 15.5. The summed E-state index contributed by atoms with van der Waals surface area (Å²) in [6.45, 7) is 0. The zero-order valence-corrected chi connectivity index (χ0v) is 12.6. The minimum absolute atomic E-state index is 0.730. The minimum atomic E-state index is 0.730. The molecule has 0 amide bonds. The van der Waals surface area contributed by atoms with Gasteiger partial charge in [0.05, 0.1) is 14.2 Å². The third-order valence-electron chi connectivity index (χ3n) is 3.11. The van der Waals surface area contributed by atoms with E-state index in [0.717, 1.165) is 33.5 Å². The topological polar surface area (TPSA) is 44.2 Å². The molecule has 106 valence electrons. The zero-order valence-electron chi connectivity index (χ0n) is 11.7. The Morgan fingerprint density at radius 2 is 1.29 bits per heavy atom. The Morgan fingerprint density at radius 3 is 1.81 bits per heavy atom. The van der Waals surface area contributed by atoms with E-state index in [9.17, 15) is 0 Å². The van der Waals surface area contributed by atoms with Gasteiger partial charge in [0.25, 0.3) is 0 Å². The fraction of sp³-hybridized carbons (Fsp3) is 0.125. The van der Waals surface area contributed by atoms with Crippen LogP contribution in [0.5, 0.6) is 11.5 Å². The average molecular weight is 298 g/mol. The second-order valence-corrected chi connectivity index (χ2v) is 5.13. The fourth-order valence-corrected chi connectivity index (χ4v) is 2.62. The smallest absolute Gasteiger partial charge is 0.173 e. The van der Waals surface area contributed by atoms with Crippen LogP contribution in [0.4, 0.5) is 0 Å². The van der Waals surface area contributed by atoms with Gasteiger partial charge >= 0.3 is 0 Å². The van der Waals surface area contributed by atoms with E-state index in [1.807, 2.05) is 48.5 Å². The quantitative estimate of drug-likeness (QED) is 0.733. The summed E-state index contributed by atoms with van der Waals surface area (Å²) in [5.74, 6) is 2.39. The number of ether oxygens (including phenoxy) is 2. The van der Waals surface area contributed by atoms with E-state index >= 15 is 0 Å². The molecule has 0 saturated heterocycles. The Labute approximate surface area is 127 Å². The molecule has 0 unspecified atom stereocenters. The third kappa shape index (κ3) is 2.87. The molecule has 0 radical (unpaired) electrons. The van der Waals surface area contributed by atoms with Gasteiger partial charge in [0, 0.05) is 11.1 Å². The fourth-order valence-electron chi connectivity index (χ4n) is 1.93. The molecule has 3 rings (SSSR count). The van der Waals surface area contributed by atoms with Crippen LogP contribution >= 0.6 is 11.5 Å². The van der Waals surface area contributed by atoms with Gasteiger partial charge in [0.1, 0.15) is 16.5 Å². The molecule has 4 nitrogen and oxygen atoms in total. The van der Waals surface area contributed by atoms with Crippen LogP contribution < -0.4 is 9.47 Å². The van der Waals surface area contributed by atoms with E-state index < -0.39 is 0 Å². The molecule has 0 aliphatic rings. The predicted molar refractivity (Wildman–Crippen MR) is 83.9 cm³/mol. The molecule has 0 saturated carbocycles. The van der Waals surface area contributed by atoms with Crippen LogP contribution in [-0.2, 0) is 0 Å². The summed E-state index contributed by atoms with van der Waals surface area (Å²) in [4.78, 5) is 4.59. The molecule has 5 heteroatoms. The van der Waals surface area contributed by atoms with Crippen molar-refractivity contribution in [3.8, 4) is 33.5 Å². The summed E-state index contributed by atoms with van der Waals surface area (Å²) in [6.07, 6.45) is 0. The van der Waals surface area contributed by atoms with Gasteiger partial charge in [-0.3, -0.25) is 0 Å². The molecule has 21 heavy (non-hydrogen) atoms. The first-order valence-electron chi connectivity index (χ1n) is 6.42. The van der Waals surface area contributed by atoms with E-state index in [1.165, 1.54) is 11.5 Å². The van der Waals surface area contributed by atoms with Gasteiger partial charge in [-0.05, 0) is 60.1 Å². The largest absolute Gasteiger partial charge is 0.497 e. The van der Waals surface area contributed by atoms with Crippen LogP contribution in [0, 0.1) is 0 Å². The molecule has 2 aromatic carbocycles. The van der Waals surface area contributed by atoms with Crippen LogP contribution in [0.2, 0.25) is 0 Å². The second kappa shape index (κ2) is 5.93. The first kappa shape index (κ1) is 13.6. The molecule has 1 heterocycles. The maximum Gasteiger partial charge on any atom is 0.173 e. The van der Waals surface area contributed by atoms with Crippen LogP contribution in [0.15, 0.2) is 48.5 Å². The Bertz CT molecular complexity index is 659. The van der Waals surface area contributed by atoms with Crippen molar-refractivity contribution in [1.82, 2.24) is 9.36 Å². The SMILES string of the molecule is COc1ccc(-c2nsc(-c3ccc(OC)cc3)n2)cc1. The summed E-state index contributed by atoms with van der Waals surface area (Å²) in [5.41, 5.74) is 2.01. The highest BCUT2D eigenvalue weighted by Gasteiger charge is 2.08. The zero-order chi connectivity index (χ0) is 14.7. The van der Waals surface area contributed by atoms with Crippen LogP contribution in [0.1, 0.15) is 0 Å². The highest BCUT2D eigenvalue weighted by Crippen LogP contribution is 2.28. The first-order valence-corrected chi connectivity index (χ1v) is 7.20. The van der Waals surface area contributed by atoms with Gasteiger partial charge in [-0.1, -0.05) is 0 Å². The third-order valence-corrected chi connectivity index (χ3v) is 3.88. The van der Waals surface area contributed by atoms with Crippen molar-refractivity contribution >= 4 is 11.5 Å². The number of hydrogen-bond acceptors (Lipinski definition) is 5. The summed E-state index contributed by atoms with van der Waals surface area (Å²) in [7, 11) is 3.31. The predicted octanol–water partition coefficient (Wildman–Crippen LogP) is 3.89. The van der Waals surface area contributed by atoms with Crippen LogP contribution in [0.3, 0.4) is 0 Å². The standard InChI is InChI=1S/C16H14N2O2S/c1-19-13-7-3-11(4-8-13)15-17-16(21-18-15)12-5-9-14(20-2)10-6-12/h3-10H,1-2H3. The lowest BCUT2D eigenvalue weighted by molar-refractivity contribution is 0.415. The van der Waals surface area contributed by atoms with E-state index in [2.05, 4.69) is 9.36 Å². The normalized spacial score (nSPS) is 10.4. The first-order chi connectivity index (χ1) is 10.3. The molecular weight excluding hydrogens is 284 g/mol. The lowest BCUT2D eigenvalue weighted by atomic mass is 10.2. The van der Waals surface area contributed by atoms with Crippen LogP contribution in [0.25, 0.3) is 22.0 Å². The molecule has 0 spiro atoms. The maximum atomic E-state index is 5.16. The van der Waals surface area contributed by atoms with E-state index in [4.69, 9.17) is 9.47 Å². The van der Waals surface area contributed by atoms with E-state index in [0.29, 0.717) is 0 Å². The number of hydrogen-bond donors (Lipinski definition) is 0. The molecule has 0 bridgehead atoms. The Kier molecular flexibility index (Phi) is 3.83. The van der Waals surface area contributed by atoms with Gasteiger partial charge < -0.3 is 9.47 Å². The molecule has 1 aromatic heterocycles. The van der Waals surface area contributed by atoms with Crippen molar-refractivity contribution in [2.75, 3.05) is 14.2 Å². The molecule has 0 atom stereocenters. The van der Waals surface area contributed by atoms with Gasteiger partial charge in [-0.25, -0.2) is 4.98 Å². The maximum absolute atomic E-state index is 5.16. The molecule has 0 fully saturated rings. The number of aromatic nitrogens is 2. The van der Waals surface area contributed by atoms with Crippen molar-refractivity contribution < 1.29 is 9.47 Å². The van der Waals surface area contributed by atoms with Gasteiger partial charge in [0.15, 0.2) is 5.82 Å². The second-order valence-electron chi connectivity index (χ2n) is 4.38. The molecule has 3 aromatic rings. The Hall–Kier alpha value is -2.40. The molecule has 0 N–H and O–H groups in total. The summed E-state index contributed by atoms with van der Waals surface area (Å²) < 4.78 is 14.7. The monoisotopic (exact) mass is 298 g/mol. The molecular formula is C16H14N2O2S. The van der Waals surface area contributed by atoms with E-state index in [1.54, 1.807) is 14.2 Å². The van der Waals surface area contributed by atoms with Crippen molar-refractivity contribution in [1.29, 1.82) is 0 Å². The Morgan fingerprint density at radius 1 is 0.762 bits per heavy atom. The average Bonchev–Trinajstić information content (AvgIpc) is 3.05. The van der Waals surface area contributed by atoms with Crippen LogP contribution in [-0.4, -0.2) is 23.6 Å². The van der Waals surface area contributed by atoms with Crippen molar-refractivity contribution in [2.24, 2.45) is 0 Å². The summed E-state index contributed by atoms with van der Waals surface area (Å²) in [5, 5.41) is 0.892. The van der Waals surface area contributed by atoms with Crippen molar-refractivity contribution in [2.45, 2.75) is 0 Å². The lowest BCUT2D eigenvalue weighted by Gasteiger charge is -2.00. The Balaban J connectivity index is 1.87. The number of nitrogens with zero attached hydrogens (tertiary/aromatic N) is 2. The van der Waals surface area contributed by atoms with E-state index in [-0.39, 0.29) is 0 Å². The number of benzene rings is 2. The number of methoxy groups -OCH3 is 2. The van der Waals surface area contributed by atoms with Gasteiger partial charge in [-0.15, -0.1) is 0 Å². The van der Waals surface area contributed by atoms with Crippen molar-refractivity contribution in [3.05, 3.63) is 48.5 Å². The highest BCUT2D eigenvalue weighted by molar-refractivity contribution is 7.09.